The van der Waals surface area contributed by atoms with Crippen LogP contribution in [0.15, 0.2) is 24.3 Å². The lowest BCUT2D eigenvalue weighted by Crippen LogP contribution is -2.61. The van der Waals surface area contributed by atoms with Gasteiger partial charge in [0.2, 0.25) is 10.0 Å². The molecule has 1 spiro atoms. The maximum atomic E-state index is 12.3. The molecule has 0 aromatic heterocycles. The highest BCUT2D eigenvalue weighted by atomic mass is 32.2. The standard InChI is InChI=1S/C16H22N2O5S/c1-13-4-3-5-14(8-13)18-11-16(23-9-15(18)19)10-17(24(2,20)21)6-7-22-12-16/h3-5,8H,6-7,9-12H2,1-2H3. The lowest BCUT2D eigenvalue weighted by atomic mass is 10.0. The van der Waals surface area contributed by atoms with Gasteiger partial charge in [0.05, 0.1) is 26.0 Å². The summed E-state index contributed by atoms with van der Waals surface area (Å²) in [5.74, 6) is -0.138. The molecule has 0 N–H and O–H groups in total. The number of morpholine rings is 1. The van der Waals surface area contributed by atoms with Gasteiger partial charge in [-0.05, 0) is 24.6 Å². The van der Waals surface area contributed by atoms with E-state index in [1.807, 2.05) is 31.2 Å². The molecule has 7 nitrogen and oxygen atoms in total. The Kier molecular flexibility index (Phi) is 4.65. The van der Waals surface area contributed by atoms with Gasteiger partial charge in [-0.25, -0.2) is 8.42 Å². The number of anilines is 1. The third-order valence-corrected chi connectivity index (χ3v) is 5.60. The van der Waals surface area contributed by atoms with E-state index < -0.39 is 15.6 Å². The maximum absolute atomic E-state index is 12.3. The first kappa shape index (κ1) is 17.3. The van der Waals surface area contributed by atoms with Crippen molar-refractivity contribution in [1.29, 1.82) is 0 Å². The minimum Gasteiger partial charge on any atom is -0.377 e. The summed E-state index contributed by atoms with van der Waals surface area (Å²) in [4.78, 5) is 14.0. The Hall–Kier alpha value is -1.48. The van der Waals surface area contributed by atoms with E-state index in [4.69, 9.17) is 9.47 Å². The molecule has 132 valence electrons. The third kappa shape index (κ3) is 3.61. The Bertz CT molecular complexity index is 736. The molecule has 2 aliphatic heterocycles. The van der Waals surface area contributed by atoms with Crippen LogP contribution < -0.4 is 4.90 Å². The van der Waals surface area contributed by atoms with Crippen molar-refractivity contribution >= 4 is 21.6 Å². The maximum Gasteiger partial charge on any atom is 0.253 e. The van der Waals surface area contributed by atoms with Crippen LogP contribution in [0.25, 0.3) is 0 Å². The summed E-state index contributed by atoms with van der Waals surface area (Å²) in [6.07, 6.45) is 1.18. The molecule has 24 heavy (non-hydrogen) atoms. The van der Waals surface area contributed by atoms with E-state index in [-0.39, 0.29) is 32.2 Å². The van der Waals surface area contributed by atoms with Crippen molar-refractivity contribution in [1.82, 2.24) is 4.31 Å². The normalized spacial score (nSPS) is 26.6. The fraction of sp³-hybridized carbons (Fsp3) is 0.562. The molecular weight excluding hydrogens is 332 g/mol. The van der Waals surface area contributed by atoms with Gasteiger partial charge in [-0.3, -0.25) is 4.79 Å². The first-order chi connectivity index (χ1) is 11.3. The zero-order chi connectivity index (χ0) is 17.4. The van der Waals surface area contributed by atoms with E-state index in [0.29, 0.717) is 13.2 Å². The van der Waals surface area contributed by atoms with E-state index >= 15 is 0 Å². The van der Waals surface area contributed by atoms with Crippen LogP contribution in [0.4, 0.5) is 5.69 Å². The highest BCUT2D eigenvalue weighted by Gasteiger charge is 2.44. The summed E-state index contributed by atoms with van der Waals surface area (Å²) in [5.41, 5.74) is 0.991. The molecule has 1 amide bonds. The number of nitrogens with zero attached hydrogens (tertiary/aromatic N) is 2. The van der Waals surface area contributed by atoms with Crippen molar-refractivity contribution in [3.8, 4) is 0 Å². The summed E-state index contributed by atoms with van der Waals surface area (Å²) in [6, 6.07) is 7.66. The first-order valence-electron chi connectivity index (χ1n) is 7.83. The highest BCUT2D eigenvalue weighted by molar-refractivity contribution is 7.88. The number of ether oxygens (including phenoxy) is 2. The fourth-order valence-electron chi connectivity index (χ4n) is 3.08. The number of benzene rings is 1. The molecule has 1 unspecified atom stereocenters. The minimum atomic E-state index is -3.36. The van der Waals surface area contributed by atoms with Crippen LogP contribution in [0.1, 0.15) is 5.56 Å². The van der Waals surface area contributed by atoms with Crippen LogP contribution in [0.5, 0.6) is 0 Å². The van der Waals surface area contributed by atoms with Gasteiger partial charge < -0.3 is 14.4 Å². The second-order valence-corrected chi connectivity index (χ2v) is 8.42. The fourth-order valence-corrected chi connectivity index (χ4v) is 3.96. The van der Waals surface area contributed by atoms with E-state index in [0.717, 1.165) is 11.3 Å². The average molecular weight is 354 g/mol. The second kappa shape index (κ2) is 6.44. The molecule has 0 bridgehead atoms. The lowest BCUT2D eigenvalue weighted by Gasteiger charge is -2.42. The summed E-state index contributed by atoms with van der Waals surface area (Å²) in [5, 5.41) is 0. The number of hydrogen-bond acceptors (Lipinski definition) is 5. The molecule has 0 radical (unpaired) electrons. The molecule has 2 aliphatic rings. The SMILES string of the molecule is Cc1cccc(N2CC3(COCCN(S(C)(=O)=O)C3)OCC2=O)c1. The van der Waals surface area contributed by atoms with Crippen LogP contribution in [0.2, 0.25) is 0 Å². The van der Waals surface area contributed by atoms with E-state index in [2.05, 4.69) is 0 Å². The molecule has 0 saturated carbocycles. The Morgan fingerprint density at radius 1 is 1.25 bits per heavy atom. The highest BCUT2D eigenvalue weighted by Crippen LogP contribution is 2.28. The topological polar surface area (TPSA) is 76.2 Å². The van der Waals surface area contributed by atoms with Gasteiger partial charge in [-0.1, -0.05) is 12.1 Å². The van der Waals surface area contributed by atoms with Crippen LogP contribution in [0.3, 0.4) is 0 Å². The molecule has 2 fully saturated rings. The zero-order valence-corrected chi connectivity index (χ0v) is 14.7. The zero-order valence-electron chi connectivity index (χ0n) is 13.9. The summed E-state index contributed by atoms with van der Waals surface area (Å²) < 4.78 is 36.7. The third-order valence-electron chi connectivity index (χ3n) is 4.35. The predicted octanol–water partition coefficient (Wildman–Crippen LogP) is 0.389. The molecular formula is C16H22N2O5S. The van der Waals surface area contributed by atoms with Gasteiger partial charge in [-0.2, -0.15) is 4.31 Å². The second-order valence-electron chi connectivity index (χ2n) is 6.44. The summed E-state index contributed by atoms with van der Waals surface area (Å²) >= 11 is 0. The van der Waals surface area contributed by atoms with Crippen molar-refractivity contribution in [3.05, 3.63) is 29.8 Å². The molecule has 8 heteroatoms. The van der Waals surface area contributed by atoms with Crippen LogP contribution in [0, 0.1) is 6.92 Å². The first-order valence-corrected chi connectivity index (χ1v) is 9.68. The Balaban J connectivity index is 1.89. The van der Waals surface area contributed by atoms with Crippen molar-refractivity contribution < 1.29 is 22.7 Å². The molecule has 2 saturated heterocycles. The molecule has 1 aromatic rings. The van der Waals surface area contributed by atoms with Gasteiger partial charge in [-0.15, -0.1) is 0 Å². The Morgan fingerprint density at radius 2 is 2.04 bits per heavy atom. The summed E-state index contributed by atoms with van der Waals surface area (Å²) in [6.45, 7) is 3.19. The van der Waals surface area contributed by atoms with Crippen molar-refractivity contribution in [3.63, 3.8) is 0 Å². The van der Waals surface area contributed by atoms with Gasteiger partial charge in [0.15, 0.2) is 0 Å². The van der Waals surface area contributed by atoms with Gasteiger partial charge in [0.25, 0.3) is 5.91 Å². The number of sulfonamides is 1. The monoisotopic (exact) mass is 354 g/mol. The van der Waals surface area contributed by atoms with Crippen molar-refractivity contribution in [2.24, 2.45) is 0 Å². The Morgan fingerprint density at radius 3 is 2.75 bits per heavy atom. The largest absolute Gasteiger partial charge is 0.377 e. The Labute approximate surface area is 142 Å². The van der Waals surface area contributed by atoms with Crippen molar-refractivity contribution in [2.75, 3.05) is 50.6 Å². The van der Waals surface area contributed by atoms with Crippen LogP contribution >= 0.6 is 0 Å². The van der Waals surface area contributed by atoms with Crippen LogP contribution in [-0.4, -0.2) is 69.9 Å². The average Bonchev–Trinajstić information content (AvgIpc) is 2.73. The smallest absolute Gasteiger partial charge is 0.253 e. The molecule has 3 rings (SSSR count). The van der Waals surface area contributed by atoms with E-state index in [1.165, 1.54) is 10.6 Å². The number of hydrogen-bond donors (Lipinski definition) is 0. The predicted molar refractivity (Wildman–Crippen MR) is 89.5 cm³/mol. The van der Waals surface area contributed by atoms with Gasteiger partial charge in [0.1, 0.15) is 12.2 Å². The number of carbonyl (C=O) groups is 1. The quantitative estimate of drug-likeness (QED) is 0.768. The number of carbonyl (C=O) groups excluding carboxylic acids is 1. The van der Waals surface area contributed by atoms with E-state index in [1.54, 1.807) is 4.90 Å². The molecule has 1 aromatic carbocycles. The number of amides is 1. The van der Waals surface area contributed by atoms with Gasteiger partial charge >= 0.3 is 0 Å². The van der Waals surface area contributed by atoms with Gasteiger partial charge in [0, 0.05) is 18.8 Å². The molecule has 2 heterocycles. The summed E-state index contributed by atoms with van der Waals surface area (Å²) in [7, 11) is -3.36. The van der Waals surface area contributed by atoms with Crippen molar-refractivity contribution in [2.45, 2.75) is 12.5 Å². The number of rotatable bonds is 2. The minimum absolute atomic E-state index is 0.0884. The molecule has 0 aliphatic carbocycles. The van der Waals surface area contributed by atoms with Crippen LogP contribution in [-0.2, 0) is 24.3 Å². The number of aryl methyl sites for hydroxylation is 1. The molecule has 1 atom stereocenters. The lowest BCUT2D eigenvalue weighted by molar-refractivity contribution is -0.145. The van der Waals surface area contributed by atoms with E-state index in [9.17, 15) is 13.2 Å².